The van der Waals surface area contributed by atoms with Crippen LogP contribution in [0, 0.1) is 0 Å². The summed E-state index contributed by atoms with van der Waals surface area (Å²) in [4.78, 5) is 7.35. The molecule has 2 nitrogen and oxygen atoms in total. The number of rotatable bonds is 6. The molecule has 1 rings (SSSR count). The Morgan fingerprint density at radius 2 is 1.73 bits per heavy atom. The molecule has 0 amide bonds. The Morgan fingerprint density at radius 3 is 2.13 bits per heavy atom. The average molecular weight is 206 g/mol. The van der Waals surface area contributed by atoms with E-state index < -0.39 is 0 Å². The molecule has 0 aliphatic rings. The molecule has 84 valence electrons. The zero-order valence-electron chi connectivity index (χ0n) is 9.73. The molecule has 1 aromatic rings. The van der Waals surface area contributed by atoms with Crippen LogP contribution in [-0.2, 0) is 0 Å². The van der Waals surface area contributed by atoms with Crippen LogP contribution in [0.15, 0.2) is 37.4 Å². The van der Waals surface area contributed by atoms with E-state index in [2.05, 4.69) is 23.5 Å². The lowest BCUT2D eigenvalue weighted by Crippen LogP contribution is -1.74. The smallest absolute Gasteiger partial charge is 0.115 e. The molecule has 0 aromatic carbocycles. The maximum atomic E-state index is 3.68. The summed E-state index contributed by atoms with van der Waals surface area (Å²) in [6.07, 6.45) is 15.0. The van der Waals surface area contributed by atoms with E-state index in [4.69, 9.17) is 0 Å². The van der Waals surface area contributed by atoms with Gasteiger partial charge in [0.05, 0.1) is 0 Å². The maximum absolute atomic E-state index is 3.68. The second-order valence-corrected chi connectivity index (χ2v) is 3.40. The molecule has 0 unspecified atom stereocenters. The third kappa shape index (κ3) is 12.8. The standard InChI is InChI=1S/C9H18.C4H4N2/c1-3-5-7-9-8-6-4-2;1-2-5-4-6-3-1/h3H,1,4-9H2,2H3;1-4H. The average Bonchev–Trinajstić information content (AvgIpc) is 2.32. The van der Waals surface area contributed by atoms with E-state index in [0.717, 1.165) is 0 Å². The zero-order chi connectivity index (χ0) is 11.2. The highest BCUT2D eigenvalue weighted by atomic mass is 14.8. The molecule has 0 fully saturated rings. The van der Waals surface area contributed by atoms with Crippen molar-refractivity contribution in [2.24, 2.45) is 0 Å². The van der Waals surface area contributed by atoms with Gasteiger partial charge in [-0.3, -0.25) is 0 Å². The molecule has 1 aromatic heterocycles. The molecule has 2 heteroatoms. The van der Waals surface area contributed by atoms with Gasteiger partial charge in [0.15, 0.2) is 0 Å². The third-order valence-electron chi connectivity index (χ3n) is 1.99. The summed E-state index contributed by atoms with van der Waals surface area (Å²) in [5.41, 5.74) is 0. The minimum atomic E-state index is 1.20. The molecule has 0 saturated carbocycles. The molecular weight excluding hydrogens is 184 g/mol. The van der Waals surface area contributed by atoms with Crippen molar-refractivity contribution >= 4 is 0 Å². The highest BCUT2D eigenvalue weighted by Gasteiger charge is 1.84. The SMILES string of the molecule is C=CCCCCCCC.c1cncnc1. The number of allylic oxidation sites excluding steroid dienone is 1. The van der Waals surface area contributed by atoms with Gasteiger partial charge in [-0.1, -0.05) is 38.7 Å². The Labute approximate surface area is 93.5 Å². The van der Waals surface area contributed by atoms with Gasteiger partial charge < -0.3 is 0 Å². The zero-order valence-corrected chi connectivity index (χ0v) is 9.73. The topological polar surface area (TPSA) is 25.8 Å². The van der Waals surface area contributed by atoms with E-state index in [0.29, 0.717) is 0 Å². The lowest BCUT2D eigenvalue weighted by atomic mass is 10.1. The van der Waals surface area contributed by atoms with E-state index in [1.165, 1.54) is 44.9 Å². The Balaban J connectivity index is 0.000000280. The van der Waals surface area contributed by atoms with Crippen molar-refractivity contribution in [1.82, 2.24) is 9.97 Å². The maximum Gasteiger partial charge on any atom is 0.115 e. The van der Waals surface area contributed by atoms with Crippen LogP contribution in [0.25, 0.3) is 0 Å². The molecular formula is C13H22N2. The van der Waals surface area contributed by atoms with E-state index >= 15 is 0 Å². The Kier molecular flexibility index (Phi) is 11.8. The van der Waals surface area contributed by atoms with Crippen molar-refractivity contribution in [1.29, 1.82) is 0 Å². The van der Waals surface area contributed by atoms with Crippen LogP contribution in [0.1, 0.15) is 45.4 Å². The fourth-order valence-corrected chi connectivity index (χ4v) is 1.15. The lowest BCUT2D eigenvalue weighted by molar-refractivity contribution is 0.638. The van der Waals surface area contributed by atoms with Crippen molar-refractivity contribution in [3.63, 3.8) is 0 Å². The molecule has 0 radical (unpaired) electrons. The van der Waals surface area contributed by atoms with Crippen molar-refractivity contribution in [3.8, 4) is 0 Å². The van der Waals surface area contributed by atoms with Crippen LogP contribution < -0.4 is 0 Å². The predicted octanol–water partition coefficient (Wildman–Crippen LogP) is 4.01. The van der Waals surface area contributed by atoms with Crippen molar-refractivity contribution < 1.29 is 0 Å². The second kappa shape index (κ2) is 12.8. The van der Waals surface area contributed by atoms with Gasteiger partial charge in [0.2, 0.25) is 0 Å². The van der Waals surface area contributed by atoms with Crippen molar-refractivity contribution in [3.05, 3.63) is 37.4 Å². The molecule has 0 atom stereocenters. The van der Waals surface area contributed by atoms with Crippen LogP contribution in [0.5, 0.6) is 0 Å². The van der Waals surface area contributed by atoms with E-state index in [9.17, 15) is 0 Å². The number of hydrogen-bond acceptors (Lipinski definition) is 2. The number of aromatic nitrogens is 2. The monoisotopic (exact) mass is 206 g/mol. The molecule has 0 N–H and O–H groups in total. The predicted molar refractivity (Wildman–Crippen MR) is 65.6 cm³/mol. The molecule has 15 heavy (non-hydrogen) atoms. The fraction of sp³-hybridized carbons (Fsp3) is 0.538. The van der Waals surface area contributed by atoms with Crippen LogP contribution in [0.2, 0.25) is 0 Å². The van der Waals surface area contributed by atoms with Gasteiger partial charge in [-0.2, -0.15) is 0 Å². The van der Waals surface area contributed by atoms with Gasteiger partial charge in [0, 0.05) is 12.4 Å². The van der Waals surface area contributed by atoms with Gasteiger partial charge in [-0.05, 0) is 18.9 Å². The number of nitrogens with zero attached hydrogens (tertiary/aromatic N) is 2. The first-order valence-electron chi connectivity index (χ1n) is 5.72. The number of unbranched alkanes of at least 4 members (excludes halogenated alkanes) is 5. The molecule has 1 heterocycles. The summed E-state index contributed by atoms with van der Waals surface area (Å²) in [7, 11) is 0. The summed E-state index contributed by atoms with van der Waals surface area (Å²) in [5, 5.41) is 0. The summed E-state index contributed by atoms with van der Waals surface area (Å²) in [5.74, 6) is 0. The Hall–Kier alpha value is -1.18. The van der Waals surface area contributed by atoms with Crippen molar-refractivity contribution in [2.75, 3.05) is 0 Å². The van der Waals surface area contributed by atoms with Gasteiger partial charge >= 0.3 is 0 Å². The van der Waals surface area contributed by atoms with Gasteiger partial charge in [0.1, 0.15) is 6.33 Å². The number of hydrogen-bond donors (Lipinski definition) is 0. The first-order chi connectivity index (χ1) is 7.41. The minimum Gasteiger partial charge on any atom is -0.245 e. The Bertz CT molecular complexity index is 182. The van der Waals surface area contributed by atoms with Crippen LogP contribution in [-0.4, -0.2) is 9.97 Å². The lowest BCUT2D eigenvalue weighted by Gasteiger charge is -1.94. The van der Waals surface area contributed by atoms with Gasteiger partial charge in [-0.25, -0.2) is 9.97 Å². The summed E-state index contributed by atoms with van der Waals surface area (Å²) < 4.78 is 0. The molecule has 0 bridgehead atoms. The Morgan fingerprint density at radius 1 is 1.07 bits per heavy atom. The molecule has 0 saturated heterocycles. The first kappa shape index (κ1) is 13.8. The van der Waals surface area contributed by atoms with E-state index in [1.807, 2.05) is 6.08 Å². The summed E-state index contributed by atoms with van der Waals surface area (Å²) in [6.45, 7) is 5.92. The molecule has 0 spiro atoms. The van der Waals surface area contributed by atoms with Gasteiger partial charge in [-0.15, -0.1) is 6.58 Å². The quantitative estimate of drug-likeness (QED) is 0.519. The van der Waals surface area contributed by atoms with Crippen LogP contribution >= 0.6 is 0 Å². The summed E-state index contributed by atoms with van der Waals surface area (Å²) >= 11 is 0. The van der Waals surface area contributed by atoms with Crippen LogP contribution in [0.4, 0.5) is 0 Å². The van der Waals surface area contributed by atoms with Gasteiger partial charge in [0.25, 0.3) is 0 Å². The summed E-state index contributed by atoms with van der Waals surface area (Å²) in [6, 6.07) is 1.78. The van der Waals surface area contributed by atoms with E-state index in [1.54, 1.807) is 18.5 Å². The molecule has 0 aliphatic heterocycles. The second-order valence-electron chi connectivity index (χ2n) is 3.40. The highest BCUT2D eigenvalue weighted by molar-refractivity contribution is 4.74. The fourth-order valence-electron chi connectivity index (χ4n) is 1.15. The first-order valence-corrected chi connectivity index (χ1v) is 5.72. The largest absolute Gasteiger partial charge is 0.245 e. The third-order valence-corrected chi connectivity index (χ3v) is 1.99. The van der Waals surface area contributed by atoms with Crippen LogP contribution in [0.3, 0.4) is 0 Å². The normalized spacial score (nSPS) is 8.87. The minimum absolute atomic E-state index is 1.20. The van der Waals surface area contributed by atoms with E-state index in [-0.39, 0.29) is 0 Å². The highest BCUT2D eigenvalue weighted by Crippen LogP contribution is 2.04. The molecule has 0 aliphatic carbocycles. The van der Waals surface area contributed by atoms with Crippen molar-refractivity contribution in [2.45, 2.75) is 45.4 Å².